The maximum absolute atomic E-state index is 13.3. The fourth-order valence-electron chi connectivity index (χ4n) is 3.31. The van der Waals surface area contributed by atoms with Gasteiger partial charge in [-0.25, -0.2) is 9.07 Å². The second-order valence-electron chi connectivity index (χ2n) is 6.70. The van der Waals surface area contributed by atoms with Gasteiger partial charge in [-0.2, -0.15) is 0 Å². The van der Waals surface area contributed by atoms with Crippen LogP contribution in [0.3, 0.4) is 0 Å². The molecule has 8 nitrogen and oxygen atoms in total. The Morgan fingerprint density at radius 3 is 2.41 bits per heavy atom. The van der Waals surface area contributed by atoms with Gasteiger partial charge < -0.3 is 9.80 Å². The lowest BCUT2D eigenvalue weighted by Gasteiger charge is -2.26. The van der Waals surface area contributed by atoms with Crippen LogP contribution in [0.15, 0.2) is 24.3 Å². The van der Waals surface area contributed by atoms with Crippen molar-refractivity contribution in [2.75, 3.05) is 26.2 Å². The molecular formula is C18H23FN6O2. The van der Waals surface area contributed by atoms with E-state index in [1.165, 1.54) is 16.8 Å². The van der Waals surface area contributed by atoms with Crippen molar-refractivity contribution in [3.63, 3.8) is 0 Å². The normalized spacial score (nSPS) is 16.1. The number of amides is 2. The molecule has 3 rings (SSSR count). The van der Waals surface area contributed by atoms with Crippen molar-refractivity contribution in [3.05, 3.63) is 41.5 Å². The quantitative estimate of drug-likeness (QED) is 0.797. The highest BCUT2D eigenvalue weighted by Gasteiger charge is 2.30. The minimum atomic E-state index is -0.616. The second kappa shape index (κ2) is 8.24. The van der Waals surface area contributed by atoms with Crippen LogP contribution in [0.25, 0.3) is 0 Å². The first-order valence-corrected chi connectivity index (χ1v) is 8.99. The summed E-state index contributed by atoms with van der Waals surface area (Å²) in [6, 6.07) is 5.46. The first-order chi connectivity index (χ1) is 13.0. The van der Waals surface area contributed by atoms with Crippen LogP contribution in [0.2, 0.25) is 0 Å². The van der Waals surface area contributed by atoms with Crippen molar-refractivity contribution in [3.8, 4) is 0 Å². The lowest BCUT2D eigenvalue weighted by Crippen LogP contribution is -2.41. The van der Waals surface area contributed by atoms with Crippen molar-refractivity contribution < 1.29 is 14.0 Å². The van der Waals surface area contributed by atoms with Crippen molar-refractivity contribution in [2.45, 2.75) is 32.7 Å². The van der Waals surface area contributed by atoms with Crippen molar-refractivity contribution in [1.29, 1.82) is 0 Å². The number of aryl methyl sites for hydroxylation is 1. The summed E-state index contributed by atoms with van der Waals surface area (Å²) in [6.45, 7) is 5.48. The summed E-state index contributed by atoms with van der Waals surface area (Å²) in [7, 11) is 0. The molecular weight excluding hydrogens is 351 g/mol. The summed E-state index contributed by atoms with van der Waals surface area (Å²) in [5.74, 6) is 0.135. The molecule has 1 aromatic carbocycles. The van der Waals surface area contributed by atoms with E-state index in [4.69, 9.17) is 0 Å². The molecule has 1 aromatic heterocycles. The molecule has 0 radical (unpaired) electrons. The molecule has 0 bridgehead atoms. The molecule has 2 aromatic rings. The van der Waals surface area contributed by atoms with Gasteiger partial charge in [0.15, 0.2) is 0 Å². The van der Waals surface area contributed by atoms with E-state index in [1.807, 2.05) is 0 Å². The van der Waals surface area contributed by atoms with Gasteiger partial charge in [-0.05, 0) is 41.5 Å². The summed E-state index contributed by atoms with van der Waals surface area (Å²) in [5.41, 5.74) is 0.824. The molecule has 1 atom stereocenters. The van der Waals surface area contributed by atoms with Gasteiger partial charge in [0.05, 0.1) is 0 Å². The van der Waals surface area contributed by atoms with Crippen LogP contribution < -0.4 is 0 Å². The lowest BCUT2D eigenvalue weighted by atomic mass is 10.0. The summed E-state index contributed by atoms with van der Waals surface area (Å²) in [4.78, 5) is 28.4. The Balaban J connectivity index is 1.81. The maximum atomic E-state index is 13.3. The Morgan fingerprint density at radius 2 is 1.78 bits per heavy atom. The van der Waals surface area contributed by atoms with Crippen LogP contribution in [-0.4, -0.2) is 68.0 Å². The largest absolute Gasteiger partial charge is 0.341 e. The zero-order valence-corrected chi connectivity index (χ0v) is 15.5. The van der Waals surface area contributed by atoms with E-state index in [0.29, 0.717) is 38.4 Å². The number of aromatic nitrogens is 4. The Morgan fingerprint density at radius 1 is 1.11 bits per heavy atom. The van der Waals surface area contributed by atoms with Crippen LogP contribution in [0.5, 0.6) is 0 Å². The number of hydrogen-bond donors (Lipinski definition) is 0. The minimum Gasteiger partial charge on any atom is -0.341 e. The number of halogens is 1. The molecule has 2 heterocycles. The monoisotopic (exact) mass is 374 g/mol. The molecule has 1 aliphatic heterocycles. The summed E-state index contributed by atoms with van der Waals surface area (Å²) >= 11 is 0. The number of carbonyl (C=O) groups excluding carboxylic acids is 2. The van der Waals surface area contributed by atoms with Crippen molar-refractivity contribution in [2.24, 2.45) is 0 Å². The molecule has 2 amide bonds. The second-order valence-corrected chi connectivity index (χ2v) is 6.70. The third-order valence-corrected chi connectivity index (χ3v) is 4.83. The van der Waals surface area contributed by atoms with Crippen molar-refractivity contribution in [1.82, 2.24) is 30.0 Å². The van der Waals surface area contributed by atoms with E-state index in [0.717, 1.165) is 12.0 Å². The Hall–Kier alpha value is -2.84. The van der Waals surface area contributed by atoms with Gasteiger partial charge in [0.2, 0.25) is 11.8 Å². The molecule has 0 N–H and O–H groups in total. The third-order valence-electron chi connectivity index (χ3n) is 4.83. The number of tetrazole rings is 1. The Kier molecular flexibility index (Phi) is 5.78. The topological polar surface area (TPSA) is 84.2 Å². The first kappa shape index (κ1) is 18.9. The smallest absolute Gasteiger partial charge is 0.247 e. The fourth-order valence-corrected chi connectivity index (χ4v) is 3.31. The van der Waals surface area contributed by atoms with Gasteiger partial charge in [0, 0.05) is 39.5 Å². The molecule has 1 fully saturated rings. The average molecular weight is 374 g/mol. The highest BCUT2D eigenvalue weighted by molar-refractivity contribution is 5.81. The number of benzene rings is 1. The zero-order chi connectivity index (χ0) is 19.4. The zero-order valence-electron chi connectivity index (χ0n) is 15.5. The van der Waals surface area contributed by atoms with Gasteiger partial charge in [0.25, 0.3) is 0 Å². The Labute approximate surface area is 156 Å². The number of hydrogen-bond acceptors (Lipinski definition) is 5. The van der Waals surface area contributed by atoms with Crippen LogP contribution in [-0.2, 0) is 16.0 Å². The van der Waals surface area contributed by atoms with E-state index < -0.39 is 6.04 Å². The number of nitrogens with zero attached hydrogens (tertiary/aromatic N) is 6. The van der Waals surface area contributed by atoms with Gasteiger partial charge in [-0.1, -0.05) is 12.1 Å². The number of rotatable bonds is 4. The molecule has 27 heavy (non-hydrogen) atoms. The summed E-state index contributed by atoms with van der Waals surface area (Å²) in [6.07, 6.45) is 1.08. The lowest BCUT2D eigenvalue weighted by molar-refractivity contribution is -0.135. The fraction of sp³-hybridized carbons (Fsp3) is 0.500. The maximum Gasteiger partial charge on any atom is 0.247 e. The van der Waals surface area contributed by atoms with E-state index in [2.05, 4.69) is 15.5 Å². The van der Waals surface area contributed by atoms with Crippen molar-refractivity contribution >= 4 is 11.8 Å². The van der Waals surface area contributed by atoms with E-state index >= 15 is 0 Å². The van der Waals surface area contributed by atoms with Crippen LogP contribution in [0.1, 0.15) is 30.8 Å². The summed E-state index contributed by atoms with van der Waals surface area (Å²) in [5, 5.41) is 11.5. The summed E-state index contributed by atoms with van der Waals surface area (Å²) < 4.78 is 14.7. The van der Waals surface area contributed by atoms with E-state index in [9.17, 15) is 14.0 Å². The molecule has 1 aliphatic rings. The van der Waals surface area contributed by atoms with Crippen LogP contribution >= 0.6 is 0 Å². The SMILES string of the molecule is CC(=O)N1CCCN(C(=O)C(Cc2ccc(F)cc2)n2nnnc2C)CC1. The van der Waals surface area contributed by atoms with Crippen LogP contribution in [0.4, 0.5) is 4.39 Å². The van der Waals surface area contributed by atoms with Gasteiger partial charge in [-0.3, -0.25) is 9.59 Å². The first-order valence-electron chi connectivity index (χ1n) is 8.99. The van der Waals surface area contributed by atoms with E-state index in [-0.39, 0.29) is 17.6 Å². The third kappa shape index (κ3) is 4.47. The Bertz CT molecular complexity index is 806. The molecule has 1 unspecified atom stereocenters. The van der Waals surface area contributed by atoms with E-state index in [1.54, 1.807) is 35.8 Å². The number of carbonyl (C=O) groups is 2. The molecule has 0 spiro atoms. The predicted octanol–water partition coefficient (Wildman–Crippen LogP) is 0.985. The molecule has 144 valence electrons. The average Bonchev–Trinajstić information content (AvgIpc) is 2.92. The highest BCUT2D eigenvalue weighted by atomic mass is 19.1. The molecule has 9 heteroatoms. The van der Waals surface area contributed by atoms with Gasteiger partial charge in [-0.15, -0.1) is 5.10 Å². The van der Waals surface area contributed by atoms with Crippen LogP contribution in [0, 0.1) is 12.7 Å². The standard InChI is InChI=1S/C18H23FN6O2/c1-13-20-21-22-25(13)17(12-15-4-6-16(19)7-5-15)18(27)24-9-3-8-23(10-11-24)14(2)26/h4-7,17H,3,8-12H2,1-2H3. The predicted molar refractivity (Wildman–Crippen MR) is 95.1 cm³/mol. The molecule has 1 saturated heterocycles. The molecule has 0 aliphatic carbocycles. The van der Waals surface area contributed by atoms with Gasteiger partial charge >= 0.3 is 0 Å². The molecule has 0 saturated carbocycles. The highest BCUT2D eigenvalue weighted by Crippen LogP contribution is 2.19. The van der Waals surface area contributed by atoms with Gasteiger partial charge in [0.1, 0.15) is 17.7 Å². The minimum absolute atomic E-state index is 0.0171.